The first kappa shape index (κ1) is 24.9. The van der Waals surface area contributed by atoms with Gasteiger partial charge in [-0.25, -0.2) is 21.8 Å². The van der Waals surface area contributed by atoms with Gasteiger partial charge in [0.15, 0.2) is 0 Å². The van der Waals surface area contributed by atoms with Crippen molar-refractivity contribution in [2.75, 3.05) is 32.1 Å². The van der Waals surface area contributed by atoms with E-state index in [0.29, 0.717) is 26.3 Å². The molecule has 4 aromatic rings. The van der Waals surface area contributed by atoms with Crippen LogP contribution in [0.2, 0.25) is 0 Å². The fourth-order valence-electron chi connectivity index (χ4n) is 7.22. The number of aryl methyl sites for hydroxylation is 1. The fourth-order valence-corrected chi connectivity index (χ4v) is 9.15. The number of benzene rings is 3. The van der Waals surface area contributed by atoms with E-state index >= 15 is 0 Å². The summed E-state index contributed by atoms with van der Waals surface area (Å²) in [6.45, 7) is 4.46. The molecular weight excluding hydrogens is 513 g/mol. The quantitative estimate of drug-likeness (QED) is 0.334. The maximum Gasteiger partial charge on any atom is 0.214 e. The maximum atomic E-state index is 13.6. The van der Waals surface area contributed by atoms with Crippen LogP contribution in [0.3, 0.4) is 0 Å². The number of rotatable bonds is 6. The molecule has 3 aromatic carbocycles. The van der Waals surface area contributed by atoms with E-state index in [2.05, 4.69) is 48.4 Å². The number of fused-ring (bicyclic) bond motifs is 2. The molecule has 0 N–H and O–H groups in total. The van der Waals surface area contributed by atoms with E-state index in [1.165, 1.54) is 23.3 Å². The van der Waals surface area contributed by atoms with Gasteiger partial charge in [0.2, 0.25) is 10.0 Å². The van der Waals surface area contributed by atoms with E-state index in [0.717, 1.165) is 35.0 Å². The highest BCUT2D eigenvalue weighted by molar-refractivity contribution is 7.89. The molecule has 3 fully saturated rings. The summed E-state index contributed by atoms with van der Waals surface area (Å²) in [5.74, 6) is 0.593. The molecule has 3 atom stereocenters. The molecule has 0 spiro atoms. The van der Waals surface area contributed by atoms with Crippen LogP contribution in [0.4, 0.5) is 4.39 Å². The van der Waals surface area contributed by atoms with Crippen LogP contribution in [0.25, 0.3) is 16.6 Å². The van der Waals surface area contributed by atoms with E-state index in [1.807, 2.05) is 16.9 Å². The highest BCUT2D eigenvalue weighted by Crippen LogP contribution is 2.70. The number of sulfonamides is 1. The van der Waals surface area contributed by atoms with Gasteiger partial charge in [0.05, 0.1) is 23.2 Å². The minimum Gasteiger partial charge on any atom is -0.381 e. The second kappa shape index (κ2) is 9.25. The minimum atomic E-state index is -3.37. The van der Waals surface area contributed by atoms with Crippen molar-refractivity contribution < 1.29 is 17.5 Å². The number of piperidine rings is 1. The van der Waals surface area contributed by atoms with Crippen molar-refractivity contribution >= 4 is 20.9 Å². The molecule has 1 saturated carbocycles. The Morgan fingerprint density at radius 1 is 1.05 bits per heavy atom. The second-order valence-corrected chi connectivity index (χ2v) is 13.4. The van der Waals surface area contributed by atoms with Crippen molar-refractivity contribution in [1.29, 1.82) is 0 Å². The van der Waals surface area contributed by atoms with E-state index in [1.54, 1.807) is 16.4 Å². The molecule has 39 heavy (non-hydrogen) atoms. The summed E-state index contributed by atoms with van der Waals surface area (Å²) in [7, 11) is -3.37. The van der Waals surface area contributed by atoms with Gasteiger partial charge in [-0.05, 0) is 84.7 Å². The van der Waals surface area contributed by atoms with Gasteiger partial charge in [-0.1, -0.05) is 30.3 Å². The SMILES string of the molecule is Cc1cc2c(cnn2-c2ccc(F)cc2)cc1[C@@]12CN(S(=O)(=O)CC3CCOCC3)C[C@@H]1[C@H]2c1ccccc1. The average molecular weight is 546 g/mol. The molecule has 0 bridgehead atoms. The van der Waals surface area contributed by atoms with Crippen LogP contribution in [0.1, 0.15) is 35.4 Å². The molecular formula is C31H32FN3O3S. The van der Waals surface area contributed by atoms with Crippen LogP contribution in [0.5, 0.6) is 0 Å². The van der Waals surface area contributed by atoms with Crippen molar-refractivity contribution in [3.05, 3.63) is 95.4 Å². The van der Waals surface area contributed by atoms with Crippen molar-refractivity contribution in [2.24, 2.45) is 11.8 Å². The number of ether oxygens (including phenoxy) is 1. The summed E-state index contributed by atoms with van der Waals surface area (Å²) in [6, 6.07) is 21.2. The van der Waals surface area contributed by atoms with Gasteiger partial charge >= 0.3 is 0 Å². The Morgan fingerprint density at radius 2 is 1.79 bits per heavy atom. The fraction of sp³-hybridized carbons (Fsp3) is 0.387. The largest absolute Gasteiger partial charge is 0.381 e. The van der Waals surface area contributed by atoms with E-state index in [9.17, 15) is 12.8 Å². The Labute approximate surface area is 228 Å². The van der Waals surface area contributed by atoms with Gasteiger partial charge in [-0.15, -0.1) is 0 Å². The van der Waals surface area contributed by atoms with Gasteiger partial charge < -0.3 is 4.74 Å². The molecule has 7 rings (SSSR count). The summed E-state index contributed by atoms with van der Waals surface area (Å²) in [5.41, 5.74) is 5.09. The van der Waals surface area contributed by atoms with Crippen LogP contribution in [0, 0.1) is 24.6 Å². The second-order valence-electron chi connectivity index (χ2n) is 11.4. The normalized spacial score (nSPS) is 25.7. The molecule has 2 aliphatic heterocycles. The van der Waals surface area contributed by atoms with Crippen LogP contribution in [-0.2, 0) is 20.2 Å². The molecule has 0 amide bonds. The molecule has 202 valence electrons. The van der Waals surface area contributed by atoms with Gasteiger partial charge in [-0.3, -0.25) is 0 Å². The lowest BCUT2D eigenvalue weighted by atomic mass is 9.87. The van der Waals surface area contributed by atoms with E-state index < -0.39 is 10.0 Å². The Kier molecular flexibility index (Phi) is 5.91. The monoisotopic (exact) mass is 545 g/mol. The third kappa shape index (κ3) is 4.12. The average Bonchev–Trinajstić information content (AvgIpc) is 3.20. The van der Waals surface area contributed by atoms with Crippen LogP contribution in [0.15, 0.2) is 72.9 Å². The zero-order valence-corrected chi connectivity index (χ0v) is 22.8. The summed E-state index contributed by atoms with van der Waals surface area (Å²) < 4.78 is 49.8. The molecule has 1 aromatic heterocycles. The topological polar surface area (TPSA) is 64.4 Å². The number of hydrogen-bond acceptors (Lipinski definition) is 4. The lowest BCUT2D eigenvalue weighted by Crippen LogP contribution is -2.38. The summed E-state index contributed by atoms with van der Waals surface area (Å²) in [4.78, 5) is 0. The number of aromatic nitrogens is 2. The van der Waals surface area contributed by atoms with Crippen molar-refractivity contribution in [2.45, 2.75) is 31.1 Å². The van der Waals surface area contributed by atoms with E-state index in [4.69, 9.17) is 4.74 Å². The summed E-state index contributed by atoms with van der Waals surface area (Å²) in [5, 5.41) is 5.61. The molecule has 6 nitrogen and oxygen atoms in total. The molecule has 1 aliphatic carbocycles. The Morgan fingerprint density at radius 3 is 2.54 bits per heavy atom. The first-order chi connectivity index (χ1) is 18.9. The van der Waals surface area contributed by atoms with Crippen LogP contribution in [-0.4, -0.2) is 54.6 Å². The number of hydrogen-bond donors (Lipinski definition) is 0. The first-order valence-electron chi connectivity index (χ1n) is 13.7. The standard InChI is InChI=1S/C31H32FN3O3S/c1-21-15-29-24(17-33-35(29)26-9-7-25(32)8-10-26)16-27(21)31-20-34(39(36,37)19-22-11-13-38-14-12-22)18-28(31)30(31)23-5-3-2-4-6-23/h2-10,15-17,22,28,30H,11-14,18-20H2,1H3/t28-,30-,31+/m1/s1. The van der Waals surface area contributed by atoms with Gasteiger partial charge in [0.1, 0.15) is 5.82 Å². The third-order valence-electron chi connectivity index (χ3n) is 9.17. The lowest BCUT2D eigenvalue weighted by molar-refractivity contribution is 0.0720. The van der Waals surface area contributed by atoms with Crippen molar-refractivity contribution in [3.8, 4) is 5.69 Å². The third-order valence-corrected chi connectivity index (χ3v) is 11.1. The molecule has 0 radical (unpaired) electrons. The van der Waals surface area contributed by atoms with Gasteiger partial charge in [-0.2, -0.15) is 5.10 Å². The smallest absolute Gasteiger partial charge is 0.214 e. The Balaban J connectivity index is 1.26. The van der Waals surface area contributed by atoms with Crippen molar-refractivity contribution in [1.82, 2.24) is 14.1 Å². The Hall–Kier alpha value is -3.07. The van der Waals surface area contributed by atoms with Crippen molar-refractivity contribution in [3.63, 3.8) is 0 Å². The highest BCUT2D eigenvalue weighted by atomic mass is 32.2. The van der Waals surface area contributed by atoms with Gasteiger partial charge in [0.25, 0.3) is 0 Å². The molecule has 0 unspecified atom stereocenters. The zero-order chi connectivity index (χ0) is 26.8. The first-order valence-corrected chi connectivity index (χ1v) is 15.3. The minimum absolute atomic E-state index is 0.164. The predicted octanol–water partition coefficient (Wildman–Crippen LogP) is 5.20. The van der Waals surface area contributed by atoms with E-state index in [-0.39, 0.29) is 34.7 Å². The van der Waals surface area contributed by atoms with Crippen LogP contribution >= 0.6 is 0 Å². The zero-order valence-electron chi connectivity index (χ0n) is 22.0. The van der Waals surface area contributed by atoms with Crippen LogP contribution < -0.4 is 0 Å². The maximum absolute atomic E-state index is 13.6. The molecule has 2 saturated heterocycles. The van der Waals surface area contributed by atoms with Gasteiger partial charge in [0, 0.05) is 43.0 Å². The number of nitrogens with zero attached hydrogens (tertiary/aromatic N) is 3. The molecule has 8 heteroatoms. The molecule has 3 heterocycles. The molecule has 3 aliphatic rings. The predicted molar refractivity (Wildman–Crippen MR) is 149 cm³/mol. The number of halogens is 1. The summed E-state index contributed by atoms with van der Waals surface area (Å²) in [6.07, 6.45) is 3.46. The lowest BCUT2D eigenvalue weighted by Gasteiger charge is -2.28. The summed E-state index contributed by atoms with van der Waals surface area (Å²) >= 11 is 0. The Bertz CT molecular complexity index is 1630. The highest BCUT2D eigenvalue weighted by Gasteiger charge is 2.71.